The molecule has 0 radical (unpaired) electrons. The first-order valence-corrected chi connectivity index (χ1v) is 13.5. The van der Waals surface area contributed by atoms with Crippen LogP contribution in [-0.4, -0.2) is 61.7 Å². The Morgan fingerprint density at radius 2 is 1.50 bits per heavy atom. The number of carbonyl (C=O) groups is 1. The molecule has 0 aromatic heterocycles. The Kier molecular flexibility index (Phi) is 17.0. The van der Waals surface area contributed by atoms with Crippen LogP contribution >= 0.6 is 8.60 Å². The molecule has 1 saturated heterocycles. The summed E-state index contributed by atoms with van der Waals surface area (Å²) >= 11 is 0. The Balaban J connectivity index is 1.82. The zero-order valence-electron chi connectivity index (χ0n) is 19.7. The molecule has 1 heterocycles. The topological polar surface area (TPSA) is 67.8 Å². The van der Waals surface area contributed by atoms with Crippen LogP contribution in [0.25, 0.3) is 0 Å². The van der Waals surface area contributed by atoms with Crippen molar-refractivity contribution in [3.05, 3.63) is 0 Å². The third-order valence-electron chi connectivity index (χ3n) is 6.04. The Bertz CT molecular complexity index is 420. The maximum absolute atomic E-state index is 11.8. The van der Waals surface area contributed by atoms with E-state index in [1.165, 1.54) is 81.9 Å². The van der Waals surface area contributed by atoms with Crippen LogP contribution < -0.4 is 5.32 Å². The summed E-state index contributed by atoms with van der Waals surface area (Å²) < 4.78 is 11.9. The lowest BCUT2D eigenvalue weighted by molar-refractivity contribution is -0.897. The van der Waals surface area contributed by atoms with E-state index in [0.717, 1.165) is 25.8 Å². The predicted molar refractivity (Wildman–Crippen MR) is 125 cm³/mol. The fraction of sp³-hybridized carbons (Fsp3) is 0.957. The minimum Gasteiger partial charge on any atom is -0.356 e. The van der Waals surface area contributed by atoms with Gasteiger partial charge in [0, 0.05) is 25.8 Å². The summed E-state index contributed by atoms with van der Waals surface area (Å²) in [4.78, 5) is 21.6. The Labute approximate surface area is 186 Å². The number of likely N-dealkylation sites (tertiary alicyclic amines) is 1. The molecule has 2 N–H and O–H groups in total. The van der Waals surface area contributed by atoms with Gasteiger partial charge < -0.3 is 23.7 Å². The lowest BCUT2D eigenvalue weighted by atomic mass is 10.1. The second-order valence-electron chi connectivity index (χ2n) is 9.04. The predicted octanol–water partition coefficient (Wildman–Crippen LogP) is 5.30. The molecule has 1 rings (SSSR count). The van der Waals surface area contributed by atoms with Crippen molar-refractivity contribution in [2.45, 2.75) is 96.8 Å². The number of quaternary nitrogens is 1. The number of unbranched alkanes of at least 4 members (excludes halogenated alkanes) is 8. The molecule has 1 fully saturated rings. The lowest BCUT2D eigenvalue weighted by Gasteiger charge is -2.29. The standard InChI is InChI=1S/C23H47N2O4P/c1-3-4-5-6-7-8-9-10-17-24-23(26)16-15-22-29-30(27)28-21-14-13-20-25(2)18-11-12-19-25/h27H,3-22H2,1-2H3/p+1. The molecular weight excluding hydrogens is 399 g/mol. The fourth-order valence-corrected chi connectivity index (χ4v) is 4.69. The van der Waals surface area contributed by atoms with Crippen LogP contribution in [-0.2, 0) is 13.8 Å². The summed E-state index contributed by atoms with van der Waals surface area (Å²) in [6.07, 6.45) is 16.0. The molecule has 0 aliphatic carbocycles. The Morgan fingerprint density at radius 1 is 0.900 bits per heavy atom. The van der Waals surface area contributed by atoms with E-state index in [-0.39, 0.29) is 5.91 Å². The molecule has 1 unspecified atom stereocenters. The molecule has 1 amide bonds. The highest BCUT2D eigenvalue weighted by atomic mass is 31.2. The molecular formula is C23H48N2O4P+. The number of amides is 1. The molecule has 0 bridgehead atoms. The number of hydrogen-bond acceptors (Lipinski definition) is 4. The average Bonchev–Trinajstić information content (AvgIpc) is 3.16. The van der Waals surface area contributed by atoms with Gasteiger partial charge in [-0.15, -0.1) is 0 Å². The molecule has 0 spiro atoms. The van der Waals surface area contributed by atoms with Gasteiger partial charge in [0.2, 0.25) is 5.91 Å². The first-order valence-electron chi connectivity index (χ1n) is 12.4. The molecule has 1 aliphatic heterocycles. The van der Waals surface area contributed by atoms with Gasteiger partial charge >= 0.3 is 8.60 Å². The van der Waals surface area contributed by atoms with Crippen molar-refractivity contribution in [3.63, 3.8) is 0 Å². The summed E-state index contributed by atoms with van der Waals surface area (Å²) in [5.74, 6) is 0.0725. The van der Waals surface area contributed by atoms with E-state index in [1.54, 1.807) is 0 Å². The number of carbonyl (C=O) groups excluding carboxylic acids is 1. The van der Waals surface area contributed by atoms with Crippen molar-refractivity contribution in [3.8, 4) is 0 Å². The van der Waals surface area contributed by atoms with Crippen LogP contribution in [0, 0.1) is 0 Å². The fourth-order valence-electron chi connectivity index (χ4n) is 4.05. The van der Waals surface area contributed by atoms with Gasteiger partial charge in [-0.05, 0) is 25.7 Å². The zero-order valence-corrected chi connectivity index (χ0v) is 20.6. The maximum atomic E-state index is 11.8. The van der Waals surface area contributed by atoms with Crippen molar-refractivity contribution in [2.75, 3.05) is 46.4 Å². The summed E-state index contributed by atoms with van der Waals surface area (Å²) in [6, 6.07) is 0. The van der Waals surface area contributed by atoms with Crippen LogP contribution in [0.1, 0.15) is 96.8 Å². The van der Waals surface area contributed by atoms with E-state index in [4.69, 9.17) is 9.05 Å². The van der Waals surface area contributed by atoms with E-state index >= 15 is 0 Å². The highest BCUT2D eigenvalue weighted by Gasteiger charge is 2.25. The normalized spacial score (nSPS) is 16.6. The lowest BCUT2D eigenvalue weighted by Crippen LogP contribution is -2.41. The van der Waals surface area contributed by atoms with E-state index in [9.17, 15) is 9.69 Å². The second kappa shape index (κ2) is 18.3. The summed E-state index contributed by atoms with van der Waals surface area (Å²) in [7, 11) is 0.523. The molecule has 1 atom stereocenters. The van der Waals surface area contributed by atoms with Gasteiger partial charge in [0.05, 0.1) is 39.9 Å². The largest absolute Gasteiger partial charge is 0.356 e. The quantitative estimate of drug-likeness (QED) is 0.151. The third kappa shape index (κ3) is 15.5. The first-order chi connectivity index (χ1) is 14.6. The van der Waals surface area contributed by atoms with Crippen molar-refractivity contribution in [2.24, 2.45) is 0 Å². The van der Waals surface area contributed by atoms with E-state index in [0.29, 0.717) is 26.1 Å². The smallest absolute Gasteiger partial charge is 0.329 e. The van der Waals surface area contributed by atoms with Gasteiger partial charge in [-0.25, -0.2) is 0 Å². The molecule has 178 valence electrons. The molecule has 0 aromatic carbocycles. The van der Waals surface area contributed by atoms with Crippen molar-refractivity contribution in [1.82, 2.24) is 5.32 Å². The van der Waals surface area contributed by atoms with Gasteiger partial charge in [0.15, 0.2) is 0 Å². The van der Waals surface area contributed by atoms with Gasteiger partial charge in [0.1, 0.15) is 0 Å². The molecule has 30 heavy (non-hydrogen) atoms. The van der Waals surface area contributed by atoms with Gasteiger partial charge in [0.25, 0.3) is 0 Å². The summed E-state index contributed by atoms with van der Waals surface area (Å²) in [6.45, 7) is 7.70. The maximum Gasteiger partial charge on any atom is 0.329 e. The van der Waals surface area contributed by atoms with Crippen LogP contribution in [0.15, 0.2) is 0 Å². The molecule has 7 heteroatoms. The van der Waals surface area contributed by atoms with E-state index < -0.39 is 8.60 Å². The van der Waals surface area contributed by atoms with Gasteiger partial charge in [-0.1, -0.05) is 51.9 Å². The Hall–Kier alpha value is -0.260. The summed E-state index contributed by atoms with van der Waals surface area (Å²) in [5, 5.41) is 2.97. The molecule has 1 aliphatic rings. The third-order valence-corrected chi connectivity index (χ3v) is 6.85. The van der Waals surface area contributed by atoms with E-state index in [1.807, 2.05) is 0 Å². The number of rotatable bonds is 20. The number of nitrogens with zero attached hydrogens (tertiary/aromatic N) is 1. The van der Waals surface area contributed by atoms with Crippen molar-refractivity contribution >= 4 is 14.5 Å². The minimum atomic E-state index is -1.81. The highest BCUT2D eigenvalue weighted by molar-refractivity contribution is 7.40. The van der Waals surface area contributed by atoms with E-state index in [2.05, 4.69) is 19.3 Å². The monoisotopic (exact) mass is 447 g/mol. The van der Waals surface area contributed by atoms with Crippen molar-refractivity contribution in [1.29, 1.82) is 0 Å². The second-order valence-corrected chi connectivity index (χ2v) is 10.0. The van der Waals surface area contributed by atoms with Gasteiger partial charge in [-0.3, -0.25) is 4.79 Å². The molecule has 0 saturated carbocycles. The average molecular weight is 448 g/mol. The number of hydrogen-bond donors (Lipinski definition) is 2. The zero-order chi connectivity index (χ0) is 21.9. The minimum absolute atomic E-state index is 0.0725. The van der Waals surface area contributed by atoms with Crippen LogP contribution in [0.2, 0.25) is 0 Å². The van der Waals surface area contributed by atoms with Crippen LogP contribution in [0.4, 0.5) is 0 Å². The molecule has 0 aromatic rings. The SMILES string of the molecule is CCCCCCCCCCNC(=O)CCCOP(O)OCCCC[N+]1(C)CCCC1. The summed E-state index contributed by atoms with van der Waals surface area (Å²) in [5.41, 5.74) is 0. The first kappa shape index (κ1) is 27.8. The van der Waals surface area contributed by atoms with Crippen molar-refractivity contribution < 1.29 is 23.2 Å². The van der Waals surface area contributed by atoms with Gasteiger partial charge in [-0.2, -0.15) is 0 Å². The van der Waals surface area contributed by atoms with Crippen LogP contribution in [0.5, 0.6) is 0 Å². The highest BCUT2D eigenvalue weighted by Crippen LogP contribution is 2.33. The molecule has 6 nitrogen and oxygen atoms in total. The number of nitrogens with one attached hydrogen (secondary N) is 1. The van der Waals surface area contributed by atoms with Crippen LogP contribution in [0.3, 0.4) is 0 Å². The Morgan fingerprint density at radius 3 is 2.17 bits per heavy atom.